The van der Waals surface area contributed by atoms with Crippen LogP contribution >= 0.6 is 11.8 Å². The minimum absolute atomic E-state index is 0.0241. The fraction of sp³-hybridized carbons (Fsp3) is 0.400. The van der Waals surface area contributed by atoms with Crippen molar-refractivity contribution >= 4 is 17.7 Å². The molecular weight excluding hydrogens is 284 g/mol. The van der Waals surface area contributed by atoms with Gasteiger partial charge in [0.15, 0.2) is 0 Å². The SMILES string of the molecule is CNc1nc(OC(C)C)nc(Sc2ccc(C)cc2C)n1. The second kappa shape index (κ2) is 6.76. The number of aromatic nitrogens is 3. The Hall–Kier alpha value is -1.82. The van der Waals surface area contributed by atoms with Crippen LogP contribution in [-0.2, 0) is 0 Å². The van der Waals surface area contributed by atoms with Crippen molar-refractivity contribution in [3.8, 4) is 6.01 Å². The molecule has 21 heavy (non-hydrogen) atoms. The van der Waals surface area contributed by atoms with Crippen LogP contribution in [-0.4, -0.2) is 28.1 Å². The molecule has 1 N–H and O–H groups in total. The molecule has 0 bridgehead atoms. The number of aryl methyl sites for hydroxylation is 2. The van der Waals surface area contributed by atoms with Crippen molar-refractivity contribution < 1.29 is 4.74 Å². The maximum Gasteiger partial charge on any atom is 0.322 e. The van der Waals surface area contributed by atoms with Crippen LogP contribution in [0.1, 0.15) is 25.0 Å². The summed E-state index contributed by atoms with van der Waals surface area (Å²) in [5.74, 6) is 0.507. The third kappa shape index (κ3) is 4.32. The number of nitrogens with zero attached hydrogens (tertiary/aromatic N) is 3. The van der Waals surface area contributed by atoms with E-state index < -0.39 is 0 Å². The van der Waals surface area contributed by atoms with Gasteiger partial charge in [-0.2, -0.15) is 15.0 Å². The fourth-order valence-electron chi connectivity index (χ4n) is 1.77. The summed E-state index contributed by atoms with van der Waals surface area (Å²) in [4.78, 5) is 14.1. The molecule has 2 aromatic rings. The van der Waals surface area contributed by atoms with E-state index in [0.29, 0.717) is 17.1 Å². The molecule has 0 aliphatic carbocycles. The Morgan fingerprint density at radius 1 is 1.14 bits per heavy atom. The van der Waals surface area contributed by atoms with Gasteiger partial charge in [-0.05, 0) is 51.1 Å². The third-order valence-corrected chi connectivity index (χ3v) is 3.73. The first-order valence-corrected chi connectivity index (χ1v) is 7.65. The summed E-state index contributed by atoms with van der Waals surface area (Å²) in [5.41, 5.74) is 2.45. The molecule has 1 aromatic carbocycles. The Labute approximate surface area is 129 Å². The summed E-state index contributed by atoms with van der Waals surface area (Å²) in [5, 5.41) is 3.56. The van der Waals surface area contributed by atoms with Gasteiger partial charge in [0, 0.05) is 11.9 Å². The van der Waals surface area contributed by atoms with E-state index in [2.05, 4.69) is 52.3 Å². The zero-order valence-electron chi connectivity index (χ0n) is 13.0. The van der Waals surface area contributed by atoms with Crippen molar-refractivity contribution in [3.05, 3.63) is 29.3 Å². The van der Waals surface area contributed by atoms with Crippen LogP contribution in [0.5, 0.6) is 6.01 Å². The van der Waals surface area contributed by atoms with E-state index in [1.807, 2.05) is 13.8 Å². The number of rotatable bonds is 5. The molecule has 0 amide bonds. The lowest BCUT2D eigenvalue weighted by atomic mass is 10.2. The first-order chi connectivity index (χ1) is 9.97. The summed E-state index contributed by atoms with van der Waals surface area (Å²) in [6, 6.07) is 6.66. The van der Waals surface area contributed by atoms with Gasteiger partial charge in [0.05, 0.1) is 6.10 Å². The van der Waals surface area contributed by atoms with E-state index in [-0.39, 0.29) is 6.10 Å². The Morgan fingerprint density at radius 2 is 1.90 bits per heavy atom. The van der Waals surface area contributed by atoms with Crippen molar-refractivity contribution in [2.24, 2.45) is 0 Å². The molecule has 5 nitrogen and oxygen atoms in total. The average molecular weight is 304 g/mol. The largest absolute Gasteiger partial charge is 0.461 e. The fourth-order valence-corrected chi connectivity index (χ4v) is 2.58. The molecule has 0 radical (unpaired) electrons. The molecular formula is C15H20N4OS. The van der Waals surface area contributed by atoms with Gasteiger partial charge in [-0.15, -0.1) is 0 Å². The highest BCUT2D eigenvalue weighted by atomic mass is 32.2. The summed E-state index contributed by atoms with van der Waals surface area (Å²) >= 11 is 1.51. The highest BCUT2D eigenvalue weighted by molar-refractivity contribution is 7.99. The Balaban J connectivity index is 2.29. The lowest BCUT2D eigenvalue weighted by Gasteiger charge is -2.10. The van der Waals surface area contributed by atoms with Crippen LogP contribution in [0.2, 0.25) is 0 Å². The van der Waals surface area contributed by atoms with E-state index in [9.17, 15) is 0 Å². The highest BCUT2D eigenvalue weighted by Crippen LogP contribution is 2.29. The minimum Gasteiger partial charge on any atom is -0.461 e. The smallest absolute Gasteiger partial charge is 0.322 e. The van der Waals surface area contributed by atoms with Gasteiger partial charge in [0.2, 0.25) is 11.1 Å². The van der Waals surface area contributed by atoms with Crippen LogP contribution in [0, 0.1) is 13.8 Å². The van der Waals surface area contributed by atoms with Crippen molar-refractivity contribution in [1.29, 1.82) is 0 Å². The molecule has 0 fully saturated rings. The second-order valence-electron chi connectivity index (χ2n) is 5.01. The summed E-state index contributed by atoms with van der Waals surface area (Å²) in [6.45, 7) is 8.05. The second-order valence-corrected chi connectivity index (χ2v) is 6.02. The number of nitrogens with one attached hydrogen (secondary N) is 1. The molecule has 1 aromatic heterocycles. The van der Waals surface area contributed by atoms with Crippen molar-refractivity contribution in [1.82, 2.24) is 15.0 Å². The zero-order valence-corrected chi connectivity index (χ0v) is 13.8. The van der Waals surface area contributed by atoms with Gasteiger partial charge in [-0.3, -0.25) is 0 Å². The molecule has 0 saturated heterocycles. The molecule has 1 heterocycles. The number of anilines is 1. The van der Waals surface area contributed by atoms with Gasteiger partial charge in [0.1, 0.15) is 0 Å². The number of ether oxygens (including phenoxy) is 1. The van der Waals surface area contributed by atoms with Crippen LogP contribution in [0.3, 0.4) is 0 Å². The predicted octanol–water partition coefficient (Wildman–Crippen LogP) is 3.47. The maximum atomic E-state index is 5.57. The van der Waals surface area contributed by atoms with Crippen molar-refractivity contribution in [2.45, 2.75) is 43.9 Å². The van der Waals surface area contributed by atoms with E-state index >= 15 is 0 Å². The van der Waals surface area contributed by atoms with Gasteiger partial charge in [-0.25, -0.2) is 0 Å². The average Bonchev–Trinajstić information content (AvgIpc) is 2.41. The number of hydrogen-bond donors (Lipinski definition) is 1. The summed E-state index contributed by atoms with van der Waals surface area (Å²) in [6.07, 6.45) is 0.0241. The summed E-state index contributed by atoms with van der Waals surface area (Å²) < 4.78 is 5.57. The Bertz CT molecular complexity index is 631. The van der Waals surface area contributed by atoms with Crippen LogP contribution < -0.4 is 10.1 Å². The standard InChI is InChI=1S/C15H20N4OS/c1-9(2)20-14-17-13(16-5)18-15(19-14)21-12-7-6-10(3)8-11(12)4/h6-9H,1-5H3,(H,16,17,18,19). The van der Waals surface area contributed by atoms with Crippen LogP contribution in [0.25, 0.3) is 0 Å². The van der Waals surface area contributed by atoms with E-state index in [4.69, 9.17) is 4.74 Å². The first kappa shape index (κ1) is 15.6. The zero-order chi connectivity index (χ0) is 15.4. The number of benzene rings is 1. The molecule has 0 unspecified atom stereocenters. The van der Waals surface area contributed by atoms with Crippen molar-refractivity contribution in [3.63, 3.8) is 0 Å². The normalized spacial score (nSPS) is 10.8. The topological polar surface area (TPSA) is 59.9 Å². The highest BCUT2D eigenvalue weighted by Gasteiger charge is 2.10. The molecule has 6 heteroatoms. The molecule has 0 atom stereocenters. The van der Waals surface area contributed by atoms with E-state index in [0.717, 1.165) is 4.90 Å². The molecule has 112 valence electrons. The lowest BCUT2D eigenvalue weighted by molar-refractivity contribution is 0.219. The minimum atomic E-state index is 0.0241. The van der Waals surface area contributed by atoms with E-state index in [1.54, 1.807) is 7.05 Å². The first-order valence-electron chi connectivity index (χ1n) is 6.83. The molecule has 0 aliphatic rings. The molecule has 2 rings (SSSR count). The molecule has 0 spiro atoms. The van der Waals surface area contributed by atoms with Crippen LogP contribution in [0.4, 0.5) is 5.95 Å². The maximum absolute atomic E-state index is 5.57. The van der Waals surface area contributed by atoms with E-state index in [1.165, 1.54) is 22.9 Å². The lowest BCUT2D eigenvalue weighted by Crippen LogP contribution is -2.11. The molecule has 0 saturated carbocycles. The Kier molecular flexibility index (Phi) is 5.01. The van der Waals surface area contributed by atoms with Gasteiger partial charge >= 0.3 is 6.01 Å². The third-order valence-electron chi connectivity index (χ3n) is 2.69. The van der Waals surface area contributed by atoms with Crippen molar-refractivity contribution in [2.75, 3.05) is 12.4 Å². The predicted molar refractivity (Wildman–Crippen MR) is 85.2 cm³/mol. The molecule has 0 aliphatic heterocycles. The number of hydrogen-bond acceptors (Lipinski definition) is 6. The quantitative estimate of drug-likeness (QED) is 0.912. The Morgan fingerprint density at radius 3 is 2.52 bits per heavy atom. The van der Waals surface area contributed by atoms with Gasteiger partial charge < -0.3 is 10.1 Å². The monoisotopic (exact) mass is 304 g/mol. The summed E-state index contributed by atoms with van der Waals surface area (Å²) in [7, 11) is 1.78. The van der Waals surface area contributed by atoms with Gasteiger partial charge in [0.25, 0.3) is 0 Å². The van der Waals surface area contributed by atoms with Crippen LogP contribution in [0.15, 0.2) is 28.3 Å². The van der Waals surface area contributed by atoms with Gasteiger partial charge in [-0.1, -0.05) is 17.7 Å².